The molecule has 0 radical (unpaired) electrons. The summed E-state index contributed by atoms with van der Waals surface area (Å²) in [5, 5.41) is 0. The lowest BCUT2D eigenvalue weighted by Gasteiger charge is -2.04. The van der Waals surface area contributed by atoms with Crippen LogP contribution in [0.25, 0.3) is 0 Å². The summed E-state index contributed by atoms with van der Waals surface area (Å²) >= 11 is 0. The van der Waals surface area contributed by atoms with Gasteiger partial charge >= 0.3 is 6.16 Å². The standard InChI is InChI=1S/C13H22O3/c1-3-5-7-8-9-10-12-16-13(14)15-11-6-4-2/h2H,3,5-12H2,1H3. The molecule has 0 saturated heterocycles. The maximum absolute atomic E-state index is 10.9. The Balaban J connectivity index is 3.12. The first-order chi connectivity index (χ1) is 7.81. The Labute approximate surface area is 98.5 Å². The van der Waals surface area contributed by atoms with E-state index < -0.39 is 6.16 Å². The van der Waals surface area contributed by atoms with Crippen LogP contribution in [-0.4, -0.2) is 19.4 Å². The van der Waals surface area contributed by atoms with Crippen molar-refractivity contribution >= 4 is 6.16 Å². The number of carbonyl (C=O) groups is 1. The van der Waals surface area contributed by atoms with Crippen LogP contribution in [0.4, 0.5) is 4.79 Å². The molecule has 16 heavy (non-hydrogen) atoms. The van der Waals surface area contributed by atoms with Crippen LogP contribution in [0.2, 0.25) is 0 Å². The second-order valence-corrected chi connectivity index (χ2v) is 3.67. The maximum Gasteiger partial charge on any atom is 0.508 e. The van der Waals surface area contributed by atoms with Crippen molar-refractivity contribution in [2.75, 3.05) is 13.2 Å². The van der Waals surface area contributed by atoms with E-state index in [-0.39, 0.29) is 6.61 Å². The average Bonchev–Trinajstić information content (AvgIpc) is 2.28. The summed E-state index contributed by atoms with van der Waals surface area (Å²) in [5.41, 5.74) is 0. The van der Waals surface area contributed by atoms with Crippen molar-refractivity contribution in [3.8, 4) is 12.3 Å². The zero-order chi connectivity index (χ0) is 12.1. The molecule has 0 bridgehead atoms. The molecule has 0 unspecified atom stereocenters. The van der Waals surface area contributed by atoms with Gasteiger partial charge in [-0.15, -0.1) is 12.3 Å². The van der Waals surface area contributed by atoms with Crippen LogP contribution in [-0.2, 0) is 9.47 Å². The number of hydrogen-bond donors (Lipinski definition) is 0. The smallest absolute Gasteiger partial charge is 0.434 e. The fourth-order valence-electron chi connectivity index (χ4n) is 1.27. The summed E-state index contributed by atoms with van der Waals surface area (Å²) in [5.74, 6) is 2.39. The van der Waals surface area contributed by atoms with Crippen LogP contribution in [0.3, 0.4) is 0 Å². The van der Waals surface area contributed by atoms with E-state index in [1.54, 1.807) is 0 Å². The van der Waals surface area contributed by atoms with Crippen molar-refractivity contribution < 1.29 is 14.3 Å². The first-order valence-electron chi connectivity index (χ1n) is 6.04. The summed E-state index contributed by atoms with van der Waals surface area (Å²) in [7, 11) is 0. The van der Waals surface area contributed by atoms with Gasteiger partial charge in [0.05, 0.1) is 6.61 Å². The number of ether oxygens (including phenoxy) is 2. The van der Waals surface area contributed by atoms with E-state index in [2.05, 4.69) is 12.8 Å². The third-order valence-electron chi connectivity index (χ3n) is 2.18. The second-order valence-electron chi connectivity index (χ2n) is 3.67. The molecule has 0 N–H and O–H groups in total. The highest BCUT2D eigenvalue weighted by atomic mass is 16.7. The van der Waals surface area contributed by atoms with Crippen molar-refractivity contribution in [1.82, 2.24) is 0 Å². The second kappa shape index (κ2) is 11.9. The van der Waals surface area contributed by atoms with Gasteiger partial charge in [-0.05, 0) is 6.42 Å². The SMILES string of the molecule is C#CCCOC(=O)OCCCCCCCC. The molecule has 0 fully saturated rings. The van der Waals surface area contributed by atoms with E-state index in [0.29, 0.717) is 13.0 Å². The van der Waals surface area contributed by atoms with Gasteiger partial charge in [0.2, 0.25) is 0 Å². The largest absolute Gasteiger partial charge is 0.508 e. The van der Waals surface area contributed by atoms with Crippen LogP contribution in [0, 0.1) is 12.3 Å². The van der Waals surface area contributed by atoms with Crippen molar-refractivity contribution in [2.45, 2.75) is 51.9 Å². The monoisotopic (exact) mass is 226 g/mol. The van der Waals surface area contributed by atoms with Crippen LogP contribution in [0.15, 0.2) is 0 Å². The Morgan fingerprint density at radius 3 is 2.38 bits per heavy atom. The molecule has 3 nitrogen and oxygen atoms in total. The highest BCUT2D eigenvalue weighted by molar-refractivity contribution is 5.59. The Hall–Kier alpha value is -1.17. The molecule has 3 heteroatoms. The summed E-state index contributed by atoms with van der Waals surface area (Å²) in [6.07, 6.45) is 11.9. The third-order valence-corrected chi connectivity index (χ3v) is 2.18. The van der Waals surface area contributed by atoms with E-state index in [4.69, 9.17) is 15.9 Å². The highest BCUT2D eigenvalue weighted by Gasteiger charge is 2.01. The minimum absolute atomic E-state index is 0.242. The molecule has 0 aromatic carbocycles. The van der Waals surface area contributed by atoms with E-state index in [9.17, 15) is 4.79 Å². The molecule has 0 amide bonds. The predicted molar refractivity (Wildman–Crippen MR) is 64.1 cm³/mol. The molecular weight excluding hydrogens is 204 g/mol. The van der Waals surface area contributed by atoms with Gasteiger partial charge in [0.1, 0.15) is 6.61 Å². The lowest BCUT2D eigenvalue weighted by atomic mass is 10.1. The number of hydrogen-bond acceptors (Lipinski definition) is 3. The average molecular weight is 226 g/mol. The predicted octanol–water partition coefficient (Wildman–Crippen LogP) is 3.52. The maximum atomic E-state index is 10.9. The molecule has 92 valence electrons. The van der Waals surface area contributed by atoms with Crippen LogP contribution < -0.4 is 0 Å². The molecule has 0 aliphatic heterocycles. The van der Waals surface area contributed by atoms with Gasteiger partial charge < -0.3 is 9.47 Å². The van der Waals surface area contributed by atoms with Crippen LogP contribution >= 0.6 is 0 Å². The van der Waals surface area contributed by atoms with Gasteiger partial charge in [0, 0.05) is 6.42 Å². The summed E-state index contributed by atoms with van der Waals surface area (Å²) < 4.78 is 9.59. The quantitative estimate of drug-likeness (QED) is 0.343. The molecule has 0 aliphatic rings. The first-order valence-corrected chi connectivity index (χ1v) is 6.04. The van der Waals surface area contributed by atoms with Crippen LogP contribution in [0.1, 0.15) is 51.9 Å². The molecule has 0 heterocycles. The molecule has 0 aromatic rings. The number of carbonyl (C=O) groups excluding carboxylic acids is 1. The summed E-state index contributed by atoms with van der Waals surface area (Å²) in [6.45, 7) is 2.88. The lowest BCUT2D eigenvalue weighted by molar-refractivity contribution is 0.0556. The molecule has 0 aromatic heterocycles. The van der Waals surface area contributed by atoms with Gasteiger partial charge in [-0.1, -0.05) is 39.0 Å². The van der Waals surface area contributed by atoms with Gasteiger partial charge in [-0.3, -0.25) is 0 Å². The Bertz CT molecular complexity index is 206. The van der Waals surface area contributed by atoms with Crippen LogP contribution in [0.5, 0.6) is 0 Å². The third kappa shape index (κ3) is 10.9. The van der Waals surface area contributed by atoms with E-state index in [0.717, 1.165) is 12.8 Å². The summed E-state index contributed by atoms with van der Waals surface area (Å²) in [6, 6.07) is 0. The molecule has 0 spiro atoms. The molecule has 0 saturated carbocycles. The first kappa shape index (κ1) is 14.8. The fourth-order valence-corrected chi connectivity index (χ4v) is 1.27. The molecule has 0 rings (SSSR count). The van der Waals surface area contributed by atoms with Gasteiger partial charge in [-0.25, -0.2) is 4.79 Å². The lowest BCUT2D eigenvalue weighted by Crippen LogP contribution is -2.09. The Morgan fingerprint density at radius 2 is 1.69 bits per heavy atom. The van der Waals surface area contributed by atoms with Crippen molar-refractivity contribution in [2.24, 2.45) is 0 Å². The minimum atomic E-state index is -0.608. The fraction of sp³-hybridized carbons (Fsp3) is 0.769. The zero-order valence-electron chi connectivity index (χ0n) is 10.2. The molecular formula is C13H22O3. The number of unbranched alkanes of at least 4 members (excludes halogenated alkanes) is 5. The van der Waals surface area contributed by atoms with Gasteiger partial charge in [0.15, 0.2) is 0 Å². The Kier molecular flexibility index (Phi) is 11.0. The van der Waals surface area contributed by atoms with E-state index in [1.807, 2.05) is 0 Å². The number of terminal acetylenes is 1. The zero-order valence-corrected chi connectivity index (χ0v) is 10.2. The van der Waals surface area contributed by atoms with E-state index in [1.165, 1.54) is 25.7 Å². The molecule has 0 atom stereocenters. The minimum Gasteiger partial charge on any atom is -0.434 e. The van der Waals surface area contributed by atoms with E-state index >= 15 is 0 Å². The molecule has 0 aliphatic carbocycles. The number of rotatable bonds is 9. The van der Waals surface area contributed by atoms with Gasteiger partial charge in [-0.2, -0.15) is 0 Å². The topological polar surface area (TPSA) is 35.5 Å². The normalized spacial score (nSPS) is 9.50. The van der Waals surface area contributed by atoms with Crippen molar-refractivity contribution in [1.29, 1.82) is 0 Å². The Morgan fingerprint density at radius 1 is 1.06 bits per heavy atom. The summed E-state index contributed by atoms with van der Waals surface area (Å²) in [4.78, 5) is 10.9. The highest BCUT2D eigenvalue weighted by Crippen LogP contribution is 2.05. The van der Waals surface area contributed by atoms with Gasteiger partial charge in [0.25, 0.3) is 0 Å². The van der Waals surface area contributed by atoms with Crippen molar-refractivity contribution in [3.05, 3.63) is 0 Å². The van der Waals surface area contributed by atoms with Crippen molar-refractivity contribution in [3.63, 3.8) is 0 Å².